The third-order valence-corrected chi connectivity index (χ3v) is 3.36. The van der Waals surface area contributed by atoms with Gasteiger partial charge in [0.2, 0.25) is 0 Å². The SMILES string of the molecule is CC.CC.CC.Cc1cccc2c1nc(C)n2Cc1ccccc1. The number of fused-ring (bicyclic) bond motifs is 1. The van der Waals surface area contributed by atoms with Gasteiger partial charge in [-0.15, -0.1) is 0 Å². The van der Waals surface area contributed by atoms with Crippen molar-refractivity contribution in [1.82, 2.24) is 9.55 Å². The Hall–Kier alpha value is -2.09. The first-order chi connectivity index (χ1) is 11.8. The monoisotopic (exact) mass is 326 g/mol. The molecule has 24 heavy (non-hydrogen) atoms. The number of nitrogens with zero attached hydrogens (tertiary/aromatic N) is 2. The summed E-state index contributed by atoms with van der Waals surface area (Å²) in [5.41, 5.74) is 4.88. The van der Waals surface area contributed by atoms with E-state index < -0.39 is 0 Å². The molecule has 0 aliphatic rings. The highest BCUT2D eigenvalue weighted by atomic mass is 15.1. The van der Waals surface area contributed by atoms with E-state index >= 15 is 0 Å². The van der Waals surface area contributed by atoms with Gasteiger partial charge in [0.1, 0.15) is 5.82 Å². The fourth-order valence-electron chi connectivity index (χ4n) is 2.37. The molecule has 132 valence electrons. The molecule has 0 saturated heterocycles. The smallest absolute Gasteiger partial charge is 0.107 e. The number of aryl methyl sites for hydroxylation is 2. The van der Waals surface area contributed by atoms with Crippen LogP contribution in [0.15, 0.2) is 48.5 Å². The number of benzene rings is 2. The molecule has 1 heterocycles. The van der Waals surface area contributed by atoms with Gasteiger partial charge in [-0.2, -0.15) is 0 Å². The number of rotatable bonds is 2. The second-order valence-electron chi connectivity index (χ2n) is 4.67. The second-order valence-corrected chi connectivity index (χ2v) is 4.67. The van der Waals surface area contributed by atoms with E-state index in [1.165, 1.54) is 16.6 Å². The second kappa shape index (κ2) is 12.3. The van der Waals surface area contributed by atoms with Gasteiger partial charge in [0.25, 0.3) is 0 Å². The number of hydrogen-bond acceptors (Lipinski definition) is 1. The standard InChI is InChI=1S/C16H16N2.3C2H6/c1-12-7-6-10-15-16(12)17-13(2)18(15)11-14-8-4-3-5-9-14;3*1-2/h3-10H,11H2,1-2H3;3*1-2H3. The summed E-state index contributed by atoms with van der Waals surface area (Å²) in [6.07, 6.45) is 0. The van der Waals surface area contributed by atoms with Crippen LogP contribution in [0.3, 0.4) is 0 Å². The van der Waals surface area contributed by atoms with E-state index in [9.17, 15) is 0 Å². The summed E-state index contributed by atoms with van der Waals surface area (Å²) in [6.45, 7) is 17.1. The van der Waals surface area contributed by atoms with Crippen molar-refractivity contribution in [2.75, 3.05) is 0 Å². The Bertz CT molecular complexity index is 682. The van der Waals surface area contributed by atoms with Crippen LogP contribution in [0.1, 0.15) is 58.5 Å². The van der Waals surface area contributed by atoms with Crippen molar-refractivity contribution in [3.8, 4) is 0 Å². The Morgan fingerprint density at radius 3 is 1.92 bits per heavy atom. The van der Waals surface area contributed by atoms with E-state index in [4.69, 9.17) is 0 Å². The summed E-state index contributed by atoms with van der Waals surface area (Å²) in [7, 11) is 0. The predicted octanol–water partition coefficient (Wildman–Crippen LogP) is 6.78. The number of imidazole rings is 1. The number of para-hydroxylation sites is 1. The van der Waals surface area contributed by atoms with Crippen molar-refractivity contribution < 1.29 is 0 Å². The highest BCUT2D eigenvalue weighted by Crippen LogP contribution is 2.20. The molecule has 1 aromatic heterocycles. The van der Waals surface area contributed by atoms with Gasteiger partial charge in [-0.25, -0.2) is 4.98 Å². The Morgan fingerprint density at radius 1 is 0.750 bits per heavy atom. The molecular formula is C22H34N2. The molecule has 0 spiro atoms. The van der Waals surface area contributed by atoms with Gasteiger partial charge in [0.15, 0.2) is 0 Å². The summed E-state index contributed by atoms with van der Waals surface area (Å²) in [5, 5.41) is 0. The van der Waals surface area contributed by atoms with Gasteiger partial charge in [-0.05, 0) is 31.0 Å². The van der Waals surface area contributed by atoms with E-state index in [-0.39, 0.29) is 0 Å². The van der Waals surface area contributed by atoms with Gasteiger partial charge in [-0.1, -0.05) is 84.0 Å². The molecule has 0 aliphatic heterocycles. The van der Waals surface area contributed by atoms with E-state index in [0.29, 0.717) is 0 Å². The van der Waals surface area contributed by atoms with Crippen LogP contribution in [-0.4, -0.2) is 9.55 Å². The zero-order valence-corrected chi connectivity index (χ0v) is 16.7. The first kappa shape index (κ1) is 21.9. The molecule has 3 rings (SSSR count). The number of aromatic nitrogens is 2. The summed E-state index contributed by atoms with van der Waals surface area (Å²) in [4.78, 5) is 4.67. The first-order valence-corrected chi connectivity index (χ1v) is 9.22. The maximum absolute atomic E-state index is 4.67. The van der Waals surface area contributed by atoms with Gasteiger partial charge in [0.05, 0.1) is 11.0 Å². The lowest BCUT2D eigenvalue weighted by Crippen LogP contribution is -2.01. The molecule has 0 aliphatic carbocycles. The minimum Gasteiger partial charge on any atom is -0.324 e. The normalized spacial score (nSPS) is 9.00. The molecule has 0 N–H and O–H groups in total. The lowest BCUT2D eigenvalue weighted by atomic mass is 10.2. The molecule has 3 aromatic rings. The van der Waals surface area contributed by atoms with E-state index in [1.54, 1.807) is 0 Å². The van der Waals surface area contributed by atoms with Gasteiger partial charge >= 0.3 is 0 Å². The fourth-order valence-corrected chi connectivity index (χ4v) is 2.37. The van der Waals surface area contributed by atoms with Crippen LogP contribution in [0.5, 0.6) is 0 Å². The molecule has 0 amide bonds. The molecule has 0 atom stereocenters. The lowest BCUT2D eigenvalue weighted by Gasteiger charge is -2.07. The Balaban J connectivity index is 0.000000798. The average Bonchev–Trinajstić information content (AvgIpc) is 2.98. The topological polar surface area (TPSA) is 17.8 Å². The van der Waals surface area contributed by atoms with Crippen LogP contribution in [0.4, 0.5) is 0 Å². The molecular weight excluding hydrogens is 292 g/mol. The number of hydrogen-bond donors (Lipinski definition) is 0. The highest BCUT2D eigenvalue weighted by molar-refractivity contribution is 5.79. The van der Waals surface area contributed by atoms with Crippen molar-refractivity contribution >= 4 is 11.0 Å². The van der Waals surface area contributed by atoms with Crippen molar-refractivity contribution in [3.63, 3.8) is 0 Å². The van der Waals surface area contributed by atoms with Gasteiger partial charge < -0.3 is 4.57 Å². The minimum atomic E-state index is 0.882. The average molecular weight is 327 g/mol. The Kier molecular flexibility index (Phi) is 11.3. The fraction of sp³-hybridized carbons (Fsp3) is 0.409. The van der Waals surface area contributed by atoms with Crippen molar-refractivity contribution in [3.05, 3.63) is 65.5 Å². The quantitative estimate of drug-likeness (QED) is 0.507. The molecule has 0 saturated carbocycles. The van der Waals surface area contributed by atoms with Crippen LogP contribution in [0, 0.1) is 13.8 Å². The van der Waals surface area contributed by atoms with E-state index in [2.05, 4.69) is 65.9 Å². The zero-order valence-electron chi connectivity index (χ0n) is 16.7. The summed E-state index contributed by atoms with van der Waals surface area (Å²) in [6, 6.07) is 16.9. The molecule has 2 nitrogen and oxygen atoms in total. The first-order valence-electron chi connectivity index (χ1n) is 9.22. The molecule has 0 fully saturated rings. The zero-order chi connectivity index (χ0) is 18.5. The molecule has 0 radical (unpaired) electrons. The van der Waals surface area contributed by atoms with Crippen LogP contribution in [-0.2, 0) is 6.54 Å². The summed E-state index contributed by atoms with van der Waals surface area (Å²) in [5.74, 6) is 1.07. The van der Waals surface area contributed by atoms with E-state index in [0.717, 1.165) is 17.9 Å². The molecule has 2 aromatic carbocycles. The predicted molar refractivity (Wildman–Crippen MR) is 109 cm³/mol. The van der Waals surface area contributed by atoms with Crippen LogP contribution in [0.25, 0.3) is 11.0 Å². The molecule has 0 bridgehead atoms. The Labute approximate surface area is 148 Å². The lowest BCUT2D eigenvalue weighted by molar-refractivity contribution is 0.786. The van der Waals surface area contributed by atoms with E-state index in [1.807, 2.05) is 47.6 Å². The van der Waals surface area contributed by atoms with Gasteiger partial charge in [-0.3, -0.25) is 0 Å². The van der Waals surface area contributed by atoms with Crippen LogP contribution >= 0.6 is 0 Å². The maximum atomic E-state index is 4.67. The molecule has 0 unspecified atom stereocenters. The maximum Gasteiger partial charge on any atom is 0.107 e. The largest absolute Gasteiger partial charge is 0.324 e. The third-order valence-electron chi connectivity index (χ3n) is 3.36. The molecule has 2 heteroatoms. The van der Waals surface area contributed by atoms with Crippen LogP contribution < -0.4 is 0 Å². The van der Waals surface area contributed by atoms with Crippen molar-refractivity contribution in [2.24, 2.45) is 0 Å². The van der Waals surface area contributed by atoms with Crippen molar-refractivity contribution in [1.29, 1.82) is 0 Å². The van der Waals surface area contributed by atoms with Crippen molar-refractivity contribution in [2.45, 2.75) is 61.9 Å². The van der Waals surface area contributed by atoms with Gasteiger partial charge in [0, 0.05) is 6.54 Å². The highest BCUT2D eigenvalue weighted by Gasteiger charge is 2.08. The summed E-state index contributed by atoms with van der Waals surface area (Å²) >= 11 is 0. The third kappa shape index (κ3) is 5.52. The summed E-state index contributed by atoms with van der Waals surface area (Å²) < 4.78 is 2.28. The van der Waals surface area contributed by atoms with Crippen LogP contribution in [0.2, 0.25) is 0 Å². The Morgan fingerprint density at radius 2 is 1.33 bits per heavy atom. The minimum absolute atomic E-state index is 0.882.